The lowest BCUT2D eigenvalue weighted by molar-refractivity contribution is 0.493. The standard InChI is InChI=1S/C12H14N4O2/c17-10-3-5-13-7-9(10)12-16-15-11(18-12)4-6-14-8-1-2-8/h3,5,7-8,14H,1-2,4,6H2,(H,13,17). The lowest BCUT2D eigenvalue weighted by Crippen LogP contribution is -2.19. The molecule has 0 saturated heterocycles. The molecule has 0 amide bonds. The number of hydrogen-bond donors (Lipinski definition) is 2. The van der Waals surface area contributed by atoms with Crippen LogP contribution in [0.1, 0.15) is 18.7 Å². The van der Waals surface area contributed by atoms with E-state index in [1.807, 2.05) is 0 Å². The molecule has 0 unspecified atom stereocenters. The lowest BCUT2D eigenvalue weighted by atomic mass is 10.3. The van der Waals surface area contributed by atoms with Gasteiger partial charge < -0.3 is 14.7 Å². The molecule has 1 saturated carbocycles. The maximum absolute atomic E-state index is 11.6. The Morgan fingerprint density at radius 1 is 1.44 bits per heavy atom. The highest BCUT2D eigenvalue weighted by molar-refractivity contribution is 5.49. The highest BCUT2D eigenvalue weighted by Gasteiger charge is 2.20. The van der Waals surface area contributed by atoms with Gasteiger partial charge in [-0.2, -0.15) is 0 Å². The van der Waals surface area contributed by atoms with Crippen molar-refractivity contribution < 1.29 is 4.42 Å². The van der Waals surface area contributed by atoms with E-state index in [0.717, 1.165) is 6.54 Å². The van der Waals surface area contributed by atoms with Gasteiger partial charge in [-0.25, -0.2) is 0 Å². The van der Waals surface area contributed by atoms with Crippen molar-refractivity contribution >= 4 is 0 Å². The van der Waals surface area contributed by atoms with Gasteiger partial charge in [0.25, 0.3) is 5.89 Å². The Morgan fingerprint density at radius 2 is 2.33 bits per heavy atom. The number of H-pyrrole nitrogens is 1. The maximum atomic E-state index is 11.6. The third-order valence-electron chi connectivity index (χ3n) is 2.87. The van der Waals surface area contributed by atoms with E-state index in [2.05, 4.69) is 20.5 Å². The minimum atomic E-state index is -0.125. The van der Waals surface area contributed by atoms with E-state index in [1.54, 1.807) is 12.4 Å². The van der Waals surface area contributed by atoms with Crippen molar-refractivity contribution in [1.29, 1.82) is 0 Å². The number of nitrogens with one attached hydrogen (secondary N) is 2. The molecule has 2 heterocycles. The predicted octanol–water partition coefficient (Wildman–Crippen LogP) is 0.719. The Hall–Kier alpha value is -1.95. The molecular weight excluding hydrogens is 232 g/mol. The monoisotopic (exact) mass is 246 g/mol. The molecule has 2 aromatic heterocycles. The first-order valence-corrected chi connectivity index (χ1v) is 6.06. The molecular formula is C12H14N4O2. The van der Waals surface area contributed by atoms with Crippen LogP contribution < -0.4 is 10.7 Å². The molecule has 0 aliphatic heterocycles. The zero-order valence-electron chi connectivity index (χ0n) is 9.85. The van der Waals surface area contributed by atoms with Crippen LogP contribution in [0.3, 0.4) is 0 Å². The minimum Gasteiger partial charge on any atom is -0.420 e. The van der Waals surface area contributed by atoms with E-state index in [1.165, 1.54) is 18.9 Å². The van der Waals surface area contributed by atoms with Crippen LogP contribution in [0, 0.1) is 0 Å². The first-order valence-electron chi connectivity index (χ1n) is 6.06. The van der Waals surface area contributed by atoms with Crippen LogP contribution in [0.2, 0.25) is 0 Å². The van der Waals surface area contributed by atoms with Crippen LogP contribution in [0.5, 0.6) is 0 Å². The molecule has 0 bridgehead atoms. The molecule has 0 spiro atoms. The molecule has 3 rings (SSSR count). The summed E-state index contributed by atoms with van der Waals surface area (Å²) < 4.78 is 5.47. The first-order chi connectivity index (χ1) is 8.83. The Balaban J connectivity index is 1.68. The van der Waals surface area contributed by atoms with Gasteiger partial charge in [-0.3, -0.25) is 4.79 Å². The molecule has 2 N–H and O–H groups in total. The fraction of sp³-hybridized carbons (Fsp3) is 0.417. The average Bonchev–Trinajstić information content (AvgIpc) is 3.08. The van der Waals surface area contributed by atoms with Gasteiger partial charge in [0, 0.05) is 37.5 Å². The van der Waals surface area contributed by atoms with E-state index in [0.29, 0.717) is 23.9 Å². The molecule has 6 nitrogen and oxygen atoms in total. The van der Waals surface area contributed by atoms with Crippen molar-refractivity contribution in [3.63, 3.8) is 0 Å². The van der Waals surface area contributed by atoms with Crippen molar-refractivity contribution in [2.75, 3.05) is 6.54 Å². The number of aromatic amines is 1. The molecule has 94 valence electrons. The summed E-state index contributed by atoms with van der Waals surface area (Å²) >= 11 is 0. The van der Waals surface area contributed by atoms with Gasteiger partial charge in [-0.15, -0.1) is 10.2 Å². The van der Waals surface area contributed by atoms with Crippen molar-refractivity contribution in [1.82, 2.24) is 20.5 Å². The van der Waals surface area contributed by atoms with Crippen molar-refractivity contribution in [3.05, 3.63) is 34.6 Å². The van der Waals surface area contributed by atoms with Crippen molar-refractivity contribution in [3.8, 4) is 11.5 Å². The van der Waals surface area contributed by atoms with Crippen molar-refractivity contribution in [2.45, 2.75) is 25.3 Å². The zero-order valence-corrected chi connectivity index (χ0v) is 9.85. The highest BCUT2D eigenvalue weighted by Crippen LogP contribution is 2.18. The SMILES string of the molecule is O=c1cc[nH]cc1-c1nnc(CCNC2CC2)o1. The highest BCUT2D eigenvalue weighted by atomic mass is 16.4. The van der Waals surface area contributed by atoms with E-state index >= 15 is 0 Å². The summed E-state index contributed by atoms with van der Waals surface area (Å²) in [5.74, 6) is 0.833. The molecule has 1 aliphatic carbocycles. The summed E-state index contributed by atoms with van der Waals surface area (Å²) in [7, 11) is 0. The third kappa shape index (κ3) is 2.48. The van der Waals surface area contributed by atoms with Crippen LogP contribution in [-0.4, -0.2) is 27.8 Å². The summed E-state index contributed by atoms with van der Waals surface area (Å²) in [5.41, 5.74) is 0.284. The second-order valence-corrected chi connectivity index (χ2v) is 4.40. The minimum absolute atomic E-state index is 0.125. The Morgan fingerprint density at radius 3 is 3.11 bits per heavy atom. The molecule has 2 aromatic rings. The Kier molecular flexibility index (Phi) is 2.93. The first kappa shape index (κ1) is 11.2. The van der Waals surface area contributed by atoms with E-state index < -0.39 is 0 Å². The van der Waals surface area contributed by atoms with Gasteiger partial charge in [0.1, 0.15) is 5.56 Å². The predicted molar refractivity (Wildman–Crippen MR) is 65.1 cm³/mol. The second kappa shape index (κ2) is 4.73. The molecule has 6 heteroatoms. The number of pyridine rings is 1. The van der Waals surface area contributed by atoms with Gasteiger partial charge in [-0.1, -0.05) is 0 Å². The molecule has 0 aromatic carbocycles. The third-order valence-corrected chi connectivity index (χ3v) is 2.87. The second-order valence-electron chi connectivity index (χ2n) is 4.40. The Bertz CT molecular complexity index is 586. The summed E-state index contributed by atoms with van der Waals surface area (Å²) in [5, 5.41) is 11.2. The summed E-state index contributed by atoms with van der Waals surface area (Å²) in [4.78, 5) is 14.4. The topological polar surface area (TPSA) is 83.8 Å². The van der Waals surface area contributed by atoms with Crippen LogP contribution in [-0.2, 0) is 6.42 Å². The lowest BCUT2D eigenvalue weighted by Gasteiger charge is -1.97. The van der Waals surface area contributed by atoms with E-state index in [4.69, 9.17) is 4.42 Å². The summed E-state index contributed by atoms with van der Waals surface area (Å²) in [6, 6.07) is 2.11. The van der Waals surface area contributed by atoms with Gasteiger partial charge >= 0.3 is 0 Å². The normalized spacial score (nSPS) is 14.9. The van der Waals surface area contributed by atoms with Crippen LogP contribution in [0.4, 0.5) is 0 Å². The van der Waals surface area contributed by atoms with E-state index in [9.17, 15) is 4.79 Å². The zero-order chi connectivity index (χ0) is 12.4. The summed E-state index contributed by atoms with van der Waals surface area (Å²) in [6.07, 6.45) is 6.35. The number of aromatic nitrogens is 3. The van der Waals surface area contributed by atoms with Crippen LogP contribution in [0.25, 0.3) is 11.5 Å². The number of nitrogens with zero attached hydrogens (tertiary/aromatic N) is 2. The summed E-state index contributed by atoms with van der Waals surface area (Å²) in [6.45, 7) is 0.831. The molecule has 1 aliphatic rings. The number of hydrogen-bond acceptors (Lipinski definition) is 5. The maximum Gasteiger partial charge on any atom is 0.253 e. The quantitative estimate of drug-likeness (QED) is 0.812. The van der Waals surface area contributed by atoms with Gasteiger partial charge in [-0.05, 0) is 12.8 Å². The average molecular weight is 246 g/mol. The van der Waals surface area contributed by atoms with Crippen LogP contribution >= 0.6 is 0 Å². The Labute approximate surface area is 103 Å². The number of rotatable bonds is 5. The van der Waals surface area contributed by atoms with E-state index in [-0.39, 0.29) is 11.3 Å². The van der Waals surface area contributed by atoms with Crippen molar-refractivity contribution in [2.24, 2.45) is 0 Å². The molecule has 0 radical (unpaired) electrons. The van der Waals surface area contributed by atoms with Gasteiger partial charge in [0.2, 0.25) is 5.89 Å². The van der Waals surface area contributed by atoms with Gasteiger partial charge in [0.15, 0.2) is 5.43 Å². The fourth-order valence-electron chi connectivity index (χ4n) is 1.72. The van der Waals surface area contributed by atoms with Gasteiger partial charge in [0.05, 0.1) is 0 Å². The largest absolute Gasteiger partial charge is 0.420 e. The smallest absolute Gasteiger partial charge is 0.253 e. The molecule has 18 heavy (non-hydrogen) atoms. The molecule has 0 atom stereocenters. The molecule has 1 fully saturated rings. The fourth-order valence-corrected chi connectivity index (χ4v) is 1.72. The van der Waals surface area contributed by atoms with Crippen LogP contribution in [0.15, 0.2) is 27.7 Å².